The van der Waals surface area contributed by atoms with E-state index in [0.29, 0.717) is 4.90 Å². The number of nitrogens with one attached hydrogen (secondary N) is 1. The molecule has 0 spiro atoms. The Morgan fingerprint density at radius 2 is 1.67 bits per heavy atom. The Morgan fingerprint density at radius 3 is 2.33 bits per heavy atom. The highest BCUT2D eigenvalue weighted by Crippen LogP contribution is 2.31. The maximum Gasteiger partial charge on any atom is 0.175 e. The Balaban J connectivity index is 1.75. The van der Waals surface area contributed by atoms with Crippen molar-refractivity contribution in [3.63, 3.8) is 0 Å². The van der Waals surface area contributed by atoms with Gasteiger partial charge in [-0.25, -0.2) is 13.4 Å². The third-order valence-corrected chi connectivity index (χ3v) is 5.71. The van der Waals surface area contributed by atoms with E-state index in [1.807, 2.05) is 31.3 Å². The fourth-order valence-corrected chi connectivity index (χ4v) is 3.80. The number of nitrogens with zero attached hydrogens (tertiary/aromatic N) is 2. The van der Waals surface area contributed by atoms with E-state index in [1.165, 1.54) is 6.26 Å². The molecule has 0 aliphatic rings. The van der Waals surface area contributed by atoms with Gasteiger partial charge in [-0.1, -0.05) is 30.3 Å². The number of hydrogen-bond acceptors (Lipinski definition) is 4. The van der Waals surface area contributed by atoms with Gasteiger partial charge in [-0.15, -0.1) is 0 Å². The van der Waals surface area contributed by atoms with E-state index in [0.717, 1.165) is 33.7 Å². The lowest BCUT2D eigenvalue weighted by Gasteiger charge is -2.08. The van der Waals surface area contributed by atoms with Crippen molar-refractivity contribution in [2.24, 2.45) is 7.05 Å². The number of rotatable bonds is 4. The Kier molecular flexibility index (Phi) is 4.20. The Labute approximate surface area is 158 Å². The van der Waals surface area contributed by atoms with E-state index in [-0.39, 0.29) is 0 Å². The summed E-state index contributed by atoms with van der Waals surface area (Å²) >= 11 is 0. The van der Waals surface area contributed by atoms with Gasteiger partial charge >= 0.3 is 0 Å². The summed E-state index contributed by atoms with van der Waals surface area (Å²) in [6, 6.07) is 21.0. The number of aromatic nitrogens is 2. The maximum atomic E-state index is 11.6. The molecule has 0 saturated carbocycles. The first-order valence-electron chi connectivity index (χ1n) is 8.50. The predicted molar refractivity (Wildman–Crippen MR) is 109 cm³/mol. The SMILES string of the molecule is Cn1c(-c2ccccc2)cc2c(Nc3ccc(S(C)(=O)=O)cc3)nccc21. The molecule has 136 valence electrons. The Hall–Kier alpha value is -3.12. The van der Waals surface area contributed by atoms with Gasteiger partial charge in [-0.3, -0.25) is 0 Å². The van der Waals surface area contributed by atoms with Crippen molar-refractivity contribution in [1.29, 1.82) is 0 Å². The number of sulfone groups is 1. The number of anilines is 2. The average Bonchev–Trinajstić information content (AvgIpc) is 3.00. The lowest BCUT2D eigenvalue weighted by Crippen LogP contribution is -1.98. The highest BCUT2D eigenvalue weighted by molar-refractivity contribution is 7.90. The van der Waals surface area contributed by atoms with E-state index in [9.17, 15) is 8.42 Å². The second-order valence-electron chi connectivity index (χ2n) is 6.47. The van der Waals surface area contributed by atoms with Crippen LogP contribution in [0.1, 0.15) is 0 Å². The predicted octanol–water partition coefficient (Wildman–Crippen LogP) is 4.39. The van der Waals surface area contributed by atoms with Gasteiger partial charge in [0.15, 0.2) is 9.84 Å². The molecule has 2 aromatic heterocycles. The summed E-state index contributed by atoms with van der Waals surface area (Å²) in [5.41, 5.74) is 4.10. The van der Waals surface area contributed by atoms with E-state index < -0.39 is 9.84 Å². The zero-order valence-corrected chi connectivity index (χ0v) is 15.9. The topological polar surface area (TPSA) is 64.0 Å². The second kappa shape index (κ2) is 6.55. The number of aryl methyl sites for hydroxylation is 1. The molecule has 0 unspecified atom stereocenters. The van der Waals surface area contributed by atoms with Crippen LogP contribution in [0.3, 0.4) is 0 Å². The molecule has 0 radical (unpaired) electrons. The van der Waals surface area contributed by atoms with Gasteiger partial charge in [0.2, 0.25) is 0 Å². The molecule has 6 heteroatoms. The van der Waals surface area contributed by atoms with Crippen molar-refractivity contribution in [3.05, 3.63) is 72.9 Å². The molecule has 4 aromatic rings. The minimum atomic E-state index is -3.21. The quantitative estimate of drug-likeness (QED) is 0.573. The molecular weight excluding hydrogens is 358 g/mol. The van der Waals surface area contributed by atoms with Crippen LogP contribution in [0.4, 0.5) is 11.5 Å². The summed E-state index contributed by atoms with van der Waals surface area (Å²) < 4.78 is 25.4. The molecule has 5 nitrogen and oxygen atoms in total. The van der Waals surface area contributed by atoms with Crippen LogP contribution < -0.4 is 5.32 Å². The molecule has 4 rings (SSSR count). The summed E-state index contributed by atoms with van der Waals surface area (Å²) in [5.74, 6) is 0.734. The van der Waals surface area contributed by atoms with E-state index in [1.54, 1.807) is 30.5 Å². The third-order valence-electron chi connectivity index (χ3n) is 4.59. The van der Waals surface area contributed by atoms with Crippen LogP contribution in [0.5, 0.6) is 0 Å². The molecule has 0 saturated heterocycles. The number of pyridine rings is 1. The van der Waals surface area contributed by atoms with Crippen molar-refractivity contribution in [2.75, 3.05) is 11.6 Å². The zero-order chi connectivity index (χ0) is 19.0. The highest BCUT2D eigenvalue weighted by Gasteiger charge is 2.12. The van der Waals surface area contributed by atoms with Crippen LogP contribution in [0.2, 0.25) is 0 Å². The van der Waals surface area contributed by atoms with Crippen LogP contribution in [-0.4, -0.2) is 24.2 Å². The number of fused-ring (bicyclic) bond motifs is 1. The normalized spacial score (nSPS) is 11.6. The first kappa shape index (κ1) is 17.3. The van der Waals surface area contributed by atoms with E-state index in [4.69, 9.17) is 0 Å². The molecule has 0 amide bonds. The maximum absolute atomic E-state index is 11.6. The Morgan fingerprint density at radius 1 is 0.963 bits per heavy atom. The summed E-state index contributed by atoms with van der Waals surface area (Å²) in [7, 11) is -1.17. The molecule has 27 heavy (non-hydrogen) atoms. The van der Waals surface area contributed by atoms with Gasteiger partial charge in [-0.05, 0) is 42.0 Å². The van der Waals surface area contributed by atoms with Crippen LogP contribution in [-0.2, 0) is 16.9 Å². The molecule has 0 fully saturated rings. The molecule has 0 atom stereocenters. The first-order valence-corrected chi connectivity index (χ1v) is 10.4. The second-order valence-corrected chi connectivity index (χ2v) is 8.48. The van der Waals surface area contributed by atoms with Gasteiger partial charge in [0.25, 0.3) is 0 Å². The fraction of sp³-hybridized carbons (Fsp3) is 0.0952. The summed E-state index contributed by atoms with van der Waals surface area (Å²) in [6.45, 7) is 0. The monoisotopic (exact) mass is 377 g/mol. The summed E-state index contributed by atoms with van der Waals surface area (Å²) in [4.78, 5) is 4.78. The molecule has 0 aliphatic carbocycles. The van der Waals surface area contributed by atoms with Crippen molar-refractivity contribution < 1.29 is 8.42 Å². The lowest BCUT2D eigenvalue weighted by atomic mass is 10.1. The third kappa shape index (κ3) is 3.31. The standard InChI is InChI=1S/C21H19N3O2S/c1-24-19-12-13-22-21(18(19)14-20(24)15-6-4-3-5-7-15)23-16-8-10-17(11-9-16)27(2,25)26/h3-14H,1-2H3,(H,22,23). The summed E-state index contributed by atoms with van der Waals surface area (Å²) in [5, 5.41) is 4.30. The molecular formula is C21H19N3O2S. The van der Waals surface area contributed by atoms with Gasteiger partial charge in [0.1, 0.15) is 5.82 Å². The van der Waals surface area contributed by atoms with E-state index >= 15 is 0 Å². The molecule has 0 aliphatic heterocycles. The summed E-state index contributed by atoms with van der Waals surface area (Å²) in [6.07, 6.45) is 2.97. The van der Waals surface area contributed by atoms with Gasteiger partial charge < -0.3 is 9.88 Å². The van der Waals surface area contributed by atoms with E-state index in [2.05, 4.69) is 33.1 Å². The number of benzene rings is 2. The number of hydrogen-bond donors (Lipinski definition) is 1. The first-order chi connectivity index (χ1) is 12.9. The van der Waals surface area contributed by atoms with Crippen molar-refractivity contribution in [1.82, 2.24) is 9.55 Å². The zero-order valence-electron chi connectivity index (χ0n) is 15.0. The van der Waals surface area contributed by atoms with Crippen molar-refractivity contribution in [3.8, 4) is 11.3 Å². The lowest BCUT2D eigenvalue weighted by molar-refractivity contribution is 0.602. The van der Waals surface area contributed by atoms with Crippen molar-refractivity contribution in [2.45, 2.75) is 4.90 Å². The van der Waals surface area contributed by atoms with Gasteiger partial charge in [0, 0.05) is 36.3 Å². The smallest absolute Gasteiger partial charge is 0.175 e. The largest absolute Gasteiger partial charge is 0.343 e. The Bertz CT molecular complexity index is 1210. The molecule has 1 N–H and O–H groups in total. The van der Waals surface area contributed by atoms with Crippen LogP contribution in [0, 0.1) is 0 Å². The minimum absolute atomic E-state index is 0.297. The average molecular weight is 377 g/mol. The molecule has 2 aromatic carbocycles. The minimum Gasteiger partial charge on any atom is -0.343 e. The fourth-order valence-electron chi connectivity index (χ4n) is 3.17. The van der Waals surface area contributed by atoms with Crippen LogP contribution >= 0.6 is 0 Å². The highest BCUT2D eigenvalue weighted by atomic mass is 32.2. The van der Waals surface area contributed by atoms with Gasteiger partial charge in [-0.2, -0.15) is 0 Å². The van der Waals surface area contributed by atoms with Crippen LogP contribution in [0.25, 0.3) is 22.2 Å². The van der Waals surface area contributed by atoms with Crippen molar-refractivity contribution >= 4 is 32.2 Å². The molecule has 0 bridgehead atoms. The molecule has 2 heterocycles. The van der Waals surface area contributed by atoms with Crippen LogP contribution in [0.15, 0.2) is 77.8 Å². The van der Waals surface area contributed by atoms with Gasteiger partial charge in [0.05, 0.1) is 10.4 Å².